The van der Waals surface area contributed by atoms with E-state index >= 15 is 0 Å². The molecule has 1 aromatic rings. The lowest BCUT2D eigenvalue weighted by Gasteiger charge is -2.28. The highest BCUT2D eigenvalue weighted by Gasteiger charge is 2.26. The summed E-state index contributed by atoms with van der Waals surface area (Å²) in [6, 6.07) is 0.350. The van der Waals surface area contributed by atoms with E-state index in [4.69, 9.17) is 5.11 Å². The maximum atomic E-state index is 11.0. The number of carboxylic acids is 1. The van der Waals surface area contributed by atoms with Crippen molar-refractivity contribution in [2.24, 2.45) is 5.92 Å². The van der Waals surface area contributed by atoms with Gasteiger partial charge in [0.05, 0.1) is 5.92 Å². The van der Waals surface area contributed by atoms with E-state index in [0.29, 0.717) is 6.04 Å². The molecular formula is C16H23N3O2. The average molecular weight is 289 g/mol. The van der Waals surface area contributed by atoms with Crippen LogP contribution in [0.2, 0.25) is 0 Å². The molecule has 2 aliphatic rings. The van der Waals surface area contributed by atoms with Gasteiger partial charge in [-0.25, -0.2) is 9.97 Å². The first-order valence-electron chi connectivity index (χ1n) is 8.06. The fraction of sp³-hybridized carbons (Fsp3) is 0.688. The maximum absolute atomic E-state index is 11.0. The molecule has 3 rings (SSSR count). The summed E-state index contributed by atoms with van der Waals surface area (Å²) in [6.07, 6.45) is 10.8. The first kappa shape index (κ1) is 14.3. The third-order valence-corrected chi connectivity index (χ3v) is 4.79. The van der Waals surface area contributed by atoms with Crippen LogP contribution >= 0.6 is 0 Å². The van der Waals surface area contributed by atoms with Crippen LogP contribution in [0, 0.1) is 5.92 Å². The number of carboxylic acid groups (broad SMARTS) is 1. The summed E-state index contributed by atoms with van der Waals surface area (Å²) in [5.74, 6) is 0.176. The van der Waals surface area contributed by atoms with E-state index in [9.17, 15) is 4.79 Å². The Bertz CT molecular complexity index is 510. The molecule has 0 aromatic carbocycles. The zero-order valence-electron chi connectivity index (χ0n) is 12.3. The van der Waals surface area contributed by atoms with E-state index in [1.54, 1.807) is 6.33 Å². The van der Waals surface area contributed by atoms with E-state index < -0.39 is 5.97 Å². The van der Waals surface area contributed by atoms with Crippen molar-refractivity contribution >= 4 is 11.8 Å². The molecule has 1 fully saturated rings. The zero-order chi connectivity index (χ0) is 14.7. The van der Waals surface area contributed by atoms with Crippen LogP contribution in [0.3, 0.4) is 0 Å². The van der Waals surface area contributed by atoms with Crippen LogP contribution in [-0.2, 0) is 17.6 Å². The molecule has 5 nitrogen and oxygen atoms in total. The summed E-state index contributed by atoms with van der Waals surface area (Å²) in [7, 11) is 0. The van der Waals surface area contributed by atoms with E-state index in [2.05, 4.69) is 15.3 Å². The molecule has 2 N–H and O–H groups in total. The first-order valence-corrected chi connectivity index (χ1v) is 8.06. The number of carbonyl (C=O) groups is 1. The van der Waals surface area contributed by atoms with Gasteiger partial charge in [0.2, 0.25) is 0 Å². The normalized spacial score (nSPS) is 25.7. The molecule has 0 bridgehead atoms. The second-order valence-electron chi connectivity index (χ2n) is 6.24. The quantitative estimate of drug-likeness (QED) is 0.837. The van der Waals surface area contributed by atoms with E-state index in [0.717, 1.165) is 44.3 Å². The molecule has 1 heterocycles. The molecule has 0 unspecified atom stereocenters. The lowest BCUT2D eigenvalue weighted by atomic mass is 9.86. The van der Waals surface area contributed by atoms with E-state index in [1.807, 2.05) is 0 Å². The molecule has 0 radical (unpaired) electrons. The SMILES string of the molecule is O=C(O)C1CCC(Nc2ncnc3c2CCCCC3)CC1. The minimum atomic E-state index is -0.649. The Kier molecular flexibility index (Phi) is 4.36. The van der Waals surface area contributed by atoms with Crippen molar-refractivity contribution in [3.8, 4) is 0 Å². The minimum Gasteiger partial charge on any atom is -0.481 e. The largest absolute Gasteiger partial charge is 0.481 e. The van der Waals surface area contributed by atoms with Gasteiger partial charge < -0.3 is 10.4 Å². The Labute approximate surface area is 125 Å². The number of hydrogen-bond donors (Lipinski definition) is 2. The van der Waals surface area contributed by atoms with Gasteiger partial charge in [-0.05, 0) is 51.4 Å². The van der Waals surface area contributed by atoms with Crippen LogP contribution in [0.15, 0.2) is 6.33 Å². The fourth-order valence-corrected chi connectivity index (χ4v) is 3.50. The molecule has 0 aliphatic heterocycles. The average Bonchev–Trinajstić information content (AvgIpc) is 2.74. The highest BCUT2D eigenvalue weighted by Crippen LogP contribution is 2.29. The Morgan fingerprint density at radius 1 is 1.10 bits per heavy atom. The molecule has 2 aliphatic carbocycles. The van der Waals surface area contributed by atoms with Gasteiger partial charge in [0.25, 0.3) is 0 Å². The lowest BCUT2D eigenvalue weighted by molar-refractivity contribution is -0.142. The Balaban J connectivity index is 1.67. The smallest absolute Gasteiger partial charge is 0.306 e. The van der Waals surface area contributed by atoms with Gasteiger partial charge >= 0.3 is 5.97 Å². The summed E-state index contributed by atoms with van der Waals surface area (Å²) in [4.78, 5) is 19.9. The van der Waals surface area contributed by atoms with Crippen LogP contribution in [-0.4, -0.2) is 27.1 Å². The van der Waals surface area contributed by atoms with Crippen molar-refractivity contribution < 1.29 is 9.90 Å². The molecule has 0 amide bonds. The van der Waals surface area contributed by atoms with Crippen LogP contribution in [0.1, 0.15) is 56.2 Å². The predicted octanol–water partition coefficient (Wildman–Crippen LogP) is 2.80. The van der Waals surface area contributed by atoms with Crippen molar-refractivity contribution in [1.82, 2.24) is 9.97 Å². The Morgan fingerprint density at radius 2 is 1.86 bits per heavy atom. The molecule has 1 saturated carbocycles. The van der Waals surface area contributed by atoms with Gasteiger partial charge in [-0.2, -0.15) is 0 Å². The number of aromatic nitrogens is 2. The number of nitrogens with one attached hydrogen (secondary N) is 1. The zero-order valence-corrected chi connectivity index (χ0v) is 12.3. The van der Waals surface area contributed by atoms with Crippen LogP contribution in [0.25, 0.3) is 0 Å². The van der Waals surface area contributed by atoms with Gasteiger partial charge in [0.1, 0.15) is 12.1 Å². The summed E-state index contributed by atoms with van der Waals surface area (Å²) in [5, 5.41) is 12.6. The van der Waals surface area contributed by atoms with Crippen LogP contribution in [0.4, 0.5) is 5.82 Å². The molecule has 114 valence electrons. The third-order valence-electron chi connectivity index (χ3n) is 4.79. The number of fused-ring (bicyclic) bond motifs is 1. The fourth-order valence-electron chi connectivity index (χ4n) is 3.50. The van der Waals surface area contributed by atoms with E-state index in [-0.39, 0.29) is 5.92 Å². The summed E-state index contributed by atoms with van der Waals surface area (Å²) >= 11 is 0. The van der Waals surface area contributed by atoms with Gasteiger partial charge in [-0.15, -0.1) is 0 Å². The predicted molar refractivity (Wildman–Crippen MR) is 80.3 cm³/mol. The molecular weight excluding hydrogens is 266 g/mol. The monoisotopic (exact) mass is 289 g/mol. The van der Waals surface area contributed by atoms with Crippen molar-refractivity contribution in [2.45, 2.75) is 63.8 Å². The first-order chi connectivity index (χ1) is 10.2. The van der Waals surface area contributed by atoms with Crippen LogP contribution in [0.5, 0.6) is 0 Å². The molecule has 1 aromatic heterocycles. The number of aliphatic carboxylic acids is 1. The van der Waals surface area contributed by atoms with Gasteiger partial charge in [-0.3, -0.25) is 4.79 Å². The molecule has 0 atom stereocenters. The Hall–Kier alpha value is -1.65. The van der Waals surface area contributed by atoms with Crippen molar-refractivity contribution in [3.63, 3.8) is 0 Å². The van der Waals surface area contributed by atoms with E-state index in [1.165, 1.54) is 30.5 Å². The molecule has 0 spiro atoms. The topological polar surface area (TPSA) is 75.1 Å². The number of anilines is 1. The van der Waals surface area contributed by atoms with Crippen molar-refractivity contribution in [3.05, 3.63) is 17.6 Å². The standard InChI is InChI=1S/C16H23N3O2/c20-16(21)11-6-8-12(9-7-11)19-15-13-4-2-1-3-5-14(13)17-10-18-15/h10-12H,1-9H2,(H,20,21)(H,17,18,19). The van der Waals surface area contributed by atoms with Crippen molar-refractivity contribution in [2.75, 3.05) is 5.32 Å². The number of aryl methyl sites for hydroxylation is 1. The molecule has 21 heavy (non-hydrogen) atoms. The Morgan fingerprint density at radius 3 is 2.62 bits per heavy atom. The summed E-state index contributed by atoms with van der Waals surface area (Å²) < 4.78 is 0. The van der Waals surface area contributed by atoms with Gasteiger partial charge in [0, 0.05) is 17.3 Å². The lowest BCUT2D eigenvalue weighted by Crippen LogP contribution is -2.30. The summed E-state index contributed by atoms with van der Waals surface area (Å²) in [5.41, 5.74) is 2.49. The number of nitrogens with zero attached hydrogens (tertiary/aromatic N) is 2. The number of hydrogen-bond acceptors (Lipinski definition) is 4. The van der Waals surface area contributed by atoms with Gasteiger partial charge in [0.15, 0.2) is 0 Å². The molecule has 0 saturated heterocycles. The van der Waals surface area contributed by atoms with Crippen LogP contribution < -0.4 is 5.32 Å². The second kappa shape index (κ2) is 6.41. The number of rotatable bonds is 3. The van der Waals surface area contributed by atoms with Crippen molar-refractivity contribution in [1.29, 1.82) is 0 Å². The highest BCUT2D eigenvalue weighted by molar-refractivity contribution is 5.70. The highest BCUT2D eigenvalue weighted by atomic mass is 16.4. The molecule has 5 heteroatoms. The second-order valence-corrected chi connectivity index (χ2v) is 6.24. The maximum Gasteiger partial charge on any atom is 0.306 e. The minimum absolute atomic E-state index is 0.162. The summed E-state index contributed by atoms with van der Waals surface area (Å²) in [6.45, 7) is 0. The third kappa shape index (κ3) is 3.34. The van der Waals surface area contributed by atoms with Gasteiger partial charge in [-0.1, -0.05) is 6.42 Å².